The van der Waals surface area contributed by atoms with E-state index >= 15 is 0 Å². The van der Waals surface area contributed by atoms with E-state index in [4.69, 9.17) is 4.42 Å². The van der Waals surface area contributed by atoms with Gasteiger partial charge in [0.2, 0.25) is 0 Å². The van der Waals surface area contributed by atoms with Gasteiger partial charge in [0.1, 0.15) is 11.9 Å². The zero-order valence-electron chi connectivity index (χ0n) is 8.67. The topological polar surface area (TPSA) is 33.4 Å². The number of rotatable bonds is 2. The smallest absolute Gasteiger partial charge is 0.132 e. The van der Waals surface area contributed by atoms with Gasteiger partial charge in [-0.15, -0.1) is 0 Å². The van der Waals surface area contributed by atoms with Crippen LogP contribution in [0.15, 0.2) is 22.8 Å². The Hall–Kier alpha value is -0.760. The third-order valence-electron chi connectivity index (χ3n) is 4.99. The normalized spacial score (nSPS) is 47.9. The van der Waals surface area contributed by atoms with Crippen molar-refractivity contribution in [1.82, 2.24) is 0 Å². The highest BCUT2D eigenvalue weighted by Crippen LogP contribution is 2.72. The zero-order valence-corrected chi connectivity index (χ0v) is 8.67. The summed E-state index contributed by atoms with van der Waals surface area (Å²) in [6, 6.07) is 3.77. The molecule has 1 aromatic rings. The zero-order chi connectivity index (χ0) is 9.99. The summed E-state index contributed by atoms with van der Waals surface area (Å²) in [7, 11) is 0. The van der Waals surface area contributed by atoms with Crippen LogP contribution in [-0.4, -0.2) is 5.11 Å². The first-order chi connectivity index (χ1) is 7.36. The van der Waals surface area contributed by atoms with Gasteiger partial charge in [-0.2, -0.15) is 0 Å². The lowest BCUT2D eigenvalue weighted by Crippen LogP contribution is -2.07. The number of furan rings is 1. The second kappa shape index (κ2) is 2.67. The number of hydrogen-bond acceptors (Lipinski definition) is 2. The summed E-state index contributed by atoms with van der Waals surface area (Å²) in [5, 5.41) is 10.2. The van der Waals surface area contributed by atoms with Crippen LogP contribution >= 0.6 is 0 Å². The summed E-state index contributed by atoms with van der Waals surface area (Å²) in [4.78, 5) is 0. The maximum Gasteiger partial charge on any atom is 0.132 e. The molecule has 3 fully saturated rings. The molecule has 15 heavy (non-hydrogen) atoms. The molecule has 0 amide bonds. The number of aliphatic hydroxyl groups excluding tert-OH is 1. The maximum absolute atomic E-state index is 10.2. The van der Waals surface area contributed by atoms with Gasteiger partial charge >= 0.3 is 0 Å². The molecule has 2 heteroatoms. The predicted octanol–water partition coefficient (Wildman–Crippen LogP) is 2.61. The Morgan fingerprint density at radius 2 is 2.00 bits per heavy atom. The quantitative estimate of drug-likeness (QED) is 0.803. The van der Waals surface area contributed by atoms with E-state index in [1.165, 1.54) is 19.3 Å². The molecule has 0 aliphatic heterocycles. The lowest BCUT2D eigenvalue weighted by molar-refractivity contribution is 0.106. The summed E-state index contributed by atoms with van der Waals surface area (Å²) in [6.45, 7) is 0. The molecule has 5 atom stereocenters. The van der Waals surface area contributed by atoms with Crippen LogP contribution in [-0.2, 0) is 0 Å². The van der Waals surface area contributed by atoms with Crippen molar-refractivity contribution < 1.29 is 9.52 Å². The van der Waals surface area contributed by atoms with E-state index in [0.29, 0.717) is 5.92 Å². The summed E-state index contributed by atoms with van der Waals surface area (Å²) in [6.07, 6.45) is 5.58. The minimum atomic E-state index is -0.335. The lowest BCUT2D eigenvalue weighted by atomic mass is 9.98. The average molecular weight is 204 g/mol. The van der Waals surface area contributed by atoms with Crippen molar-refractivity contribution in [1.29, 1.82) is 0 Å². The van der Waals surface area contributed by atoms with E-state index in [0.717, 1.165) is 29.4 Å². The Labute approximate surface area is 89.3 Å². The molecule has 5 unspecified atom stereocenters. The fourth-order valence-electron chi connectivity index (χ4n) is 4.46. The largest absolute Gasteiger partial charge is 0.467 e. The molecule has 3 saturated carbocycles. The van der Waals surface area contributed by atoms with E-state index in [2.05, 4.69) is 0 Å². The van der Waals surface area contributed by atoms with Gasteiger partial charge in [-0.3, -0.25) is 0 Å². The van der Waals surface area contributed by atoms with Crippen LogP contribution in [0.1, 0.15) is 31.1 Å². The standard InChI is InChI=1S/C13H16O2/c14-13(9-2-1-5-15-9)12-10-7-3-4-8(6-7)11(10)12/h1-2,5,7-8,10-14H,3-4,6H2. The fourth-order valence-corrected chi connectivity index (χ4v) is 4.46. The average Bonchev–Trinajstić information content (AvgIpc) is 2.70. The van der Waals surface area contributed by atoms with Crippen molar-refractivity contribution in [2.24, 2.45) is 29.6 Å². The van der Waals surface area contributed by atoms with Gasteiger partial charge < -0.3 is 9.52 Å². The third-order valence-corrected chi connectivity index (χ3v) is 4.99. The Morgan fingerprint density at radius 1 is 1.27 bits per heavy atom. The molecule has 2 nitrogen and oxygen atoms in total. The fraction of sp³-hybridized carbons (Fsp3) is 0.692. The van der Waals surface area contributed by atoms with Crippen molar-refractivity contribution >= 4 is 0 Å². The van der Waals surface area contributed by atoms with E-state index in [1.807, 2.05) is 12.1 Å². The Kier molecular flexibility index (Phi) is 1.50. The minimum absolute atomic E-state index is 0.335. The molecule has 0 saturated heterocycles. The molecular formula is C13H16O2. The van der Waals surface area contributed by atoms with E-state index in [1.54, 1.807) is 6.26 Å². The molecule has 3 aliphatic rings. The molecular weight excluding hydrogens is 188 g/mol. The van der Waals surface area contributed by atoms with Gasteiger partial charge in [0, 0.05) is 0 Å². The third kappa shape index (κ3) is 0.984. The van der Waals surface area contributed by atoms with Gasteiger partial charge in [-0.25, -0.2) is 0 Å². The Balaban J connectivity index is 1.58. The molecule has 2 bridgehead atoms. The summed E-state index contributed by atoms with van der Waals surface area (Å²) < 4.78 is 5.30. The van der Waals surface area contributed by atoms with Gasteiger partial charge in [0.15, 0.2) is 0 Å². The monoisotopic (exact) mass is 204 g/mol. The second-order valence-electron chi connectivity index (χ2n) is 5.53. The van der Waals surface area contributed by atoms with Gasteiger partial charge in [0.05, 0.1) is 6.26 Å². The molecule has 3 aliphatic carbocycles. The van der Waals surface area contributed by atoms with Crippen LogP contribution in [0.4, 0.5) is 0 Å². The van der Waals surface area contributed by atoms with Crippen molar-refractivity contribution in [3.05, 3.63) is 24.2 Å². The number of aliphatic hydroxyl groups is 1. The first-order valence-electron chi connectivity index (χ1n) is 6.08. The van der Waals surface area contributed by atoms with Crippen molar-refractivity contribution in [2.75, 3.05) is 0 Å². The van der Waals surface area contributed by atoms with Crippen LogP contribution in [0.3, 0.4) is 0 Å². The van der Waals surface area contributed by atoms with Gasteiger partial charge in [-0.05, 0) is 61.0 Å². The van der Waals surface area contributed by atoms with E-state index < -0.39 is 0 Å². The first kappa shape index (κ1) is 8.40. The van der Waals surface area contributed by atoms with Crippen molar-refractivity contribution in [3.8, 4) is 0 Å². The lowest BCUT2D eigenvalue weighted by Gasteiger charge is -2.12. The number of fused-ring (bicyclic) bond motifs is 5. The van der Waals surface area contributed by atoms with E-state index in [-0.39, 0.29) is 6.10 Å². The van der Waals surface area contributed by atoms with Crippen LogP contribution in [0.2, 0.25) is 0 Å². The molecule has 0 aromatic carbocycles. The van der Waals surface area contributed by atoms with Crippen LogP contribution < -0.4 is 0 Å². The summed E-state index contributed by atoms with van der Waals surface area (Å²) in [5.41, 5.74) is 0. The van der Waals surface area contributed by atoms with Crippen LogP contribution in [0.25, 0.3) is 0 Å². The number of hydrogen-bond donors (Lipinski definition) is 1. The molecule has 0 spiro atoms. The van der Waals surface area contributed by atoms with Crippen molar-refractivity contribution in [2.45, 2.75) is 25.4 Å². The molecule has 1 N–H and O–H groups in total. The maximum atomic E-state index is 10.2. The minimum Gasteiger partial charge on any atom is -0.467 e. The van der Waals surface area contributed by atoms with E-state index in [9.17, 15) is 5.11 Å². The highest BCUT2D eigenvalue weighted by Gasteiger charge is 2.67. The second-order valence-corrected chi connectivity index (χ2v) is 5.53. The first-order valence-corrected chi connectivity index (χ1v) is 6.08. The summed E-state index contributed by atoms with van der Waals surface area (Å²) >= 11 is 0. The molecule has 1 heterocycles. The van der Waals surface area contributed by atoms with Gasteiger partial charge in [0.25, 0.3) is 0 Å². The van der Waals surface area contributed by atoms with Crippen molar-refractivity contribution in [3.63, 3.8) is 0 Å². The van der Waals surface area contributed by atoms with Gasteiger partial charge in [-0.1, -0.05) is 0 Å². The molecule has 80 valence electrons. The Morgan fingerprint density at radius 3 is 2.60 bits per heavy atom. The summed E-state index contributed by atoms with van der Waals surface area (Å²) in [5.74, 6) is 4.79. The van der Waals surface area contributed by atoms with Crippen LogP contribution in [0.5, 0.6) is 0 Å². The predicted molar refractivity (Wildman–Crippen MR) is 55.0 cm³/mol. The Bertz CT molecular complexity index is 354. The highest BCUT2D eigenvalue weighted by molar-refractivity contribution is 5.18. The SMILES string of the molecule is OC(c1ccco1)C1C2C3CCC(C3)C21. The molecule has 4 rings (SSSR count). The molecule has 0 radical (unpaired) electrons. The highest BCUT2D eigenvalue weighted by atomic mass is 16.4. The molecule has 1 aromatic heterocycles. The van der Waals surface area contributed by atoms with Crippen LogP contribution in [0, 0.1) is 29.6 Å².